The van der Waals surface area contributed by atoms with E-state index in [0.717, 1.165) is 6.42 Å². The first-order valence-electron chi connectivity index (χ1n) is 3.13. The van der Waals surface area contributed by atoms with E-state index in [1.54, 1.807) is 0 Å². The van der Waals surface area contributed by atoms with Crippen LogP contribution in [0.3, 0.4) is 0 Å². The van der Waals surface area contributed by atoms with Crippen molar-refractivity contribution in [3.05, 3.63) is 6.92 Å². The van der Waals surface area contributed by atoms with Gasteiger partial charge in [-0.25, -0.2) is 0 Å². The maximum Gasteiger partial charge on any atom is 0.0622 e. The molecule has 0 aromatic heterocycles. The van der Waals surface area contributed by atoms with Crippen molar-refractivity contribution in [1.82, 2.24) is 0 Å². The predicted molar refractivity (Wildman–Crippen MR) is 35.6 cm³/mol. The van der Waals surface area contributed by atoms with E-state index in [9.17, 15) is 0 Å². The van der Waals surface area contributed by atoms with Crippen molar-refractivity contribution in [3.63, 3.8) is 0 Å². The van der Waals surface area contributed by atoms with Gasteiger partial charge in [-0.2, -0.15) is 5.26 Å². The molecule has 1 atom stereocenters. The van der Waals surface area contributed by atoms with Crippen molar-refractivity contribution in [2.24, 2.45) is 0 Å². The van der Waals surface area contributed by atoms with E-state index in [-0.39, 0.29) is 6.10 Å². The Morgan fingerprint density at radius 1 is 1.78 bits per heavy atom. The summed E-state index contributed by atoms with van der Waals surface area (Å²) in [5, 5.41) is 8.15. The van der Waals surface area contributed by atoms with Crippen molar-refractivity contribution >= 4 is 0 Å². The SMILES string of the molecule is [CH2]C(CCC#N)OCC. The van der Waals surface area contributed by atoms with Crippen LogP contribution in [0.1, 0.15) is 19.8 Å². The molecule has 0 aliphatic rings. The summed E-state index contributed by atoms with van der Waals surface area (Å²) < 4.78 is 5.08. The zero-order valence-electron chi connectivity index (χ0n) is 5.76. The fourth-order valence-electron chi connectivity index (χ4n) is 0.545. The molecule has 0 rings (SSSR count). The van der Waals surface area contributed by atoms with Crippen LogP contribution in [0.15, 0.2) is 0 Å². The molecule has 0 saturated carbocycles. The third kappa shape index (κ3) is 5.32. The first-order valence-corrected chi connectivity index (χ1v) is 3.13. The van der Waals surface area contributed by atoms with Gasteiger partial charge in [0.05, 0.1) is 12.2 Å². The highest BCUT2D eigenvalue weighted by molar-refractivity contribution is 4.73. The van der Waals surface area contributed by atoms with E-state index >= 15 is 0 Å². The zero-order chi connectivity index (χ0) is 7.11. The van der Waals surface area contributed by atoms with Crippen LogP contribution in [0.5, 0.6) is 0 Å². The van der Waals surface area contributed by atoms with Gasteiger partial charge in [-0.1, -0.05) is 0 Å². The molecule has 0 aromatic carbocycles. The maximum atomic E-state index is 8.15. The van der Waals surface area contributed by atoms with E-state index in [0.29, 0.717) is 13.0 Å². The second-order valence-corrected chi connectivity index (χ2v) is 1.77. The maximum absolute atomic E-state index is 8.15. The Balaban J connectivity index is 3.07. The molecule has 0 aromatic rings. The highest BCUT2D eigenvalue weighted by Gasteiger charge is 1.97. The van der Waals surface area contributed by atoms with Crippen molar-refractivity contribution in [3.8, 4) is 6.07 Å². The van der Waals surface area contributed by atoms with Crippen LogP contribution in [0.4, 0.5) is 0 Å². The minimum atomic E-state index is -0.00495. The summed E-state index contributed by atoms with van der Waals surface area (Å²) in [6.45, 7) is 6.29. The second-order valence-electron chi connectivity index (χ2n) is 1.77. The Morgan fingerprint density at radius 3 is 2.89 bits per heavy atom. The van der Waals surface area contributed by atoms with Crippen LogP contribution < -0.4 is 0 Å². The minimum absolute atomic E-state index is 0.00495. The van der Waals surface area contributed by atoms with Gasteiger partial charge in [0.15, 0.2) is 0 Å². The summed E-state index contributed by atoms with van der Waals surface area (Å²) >= 11 is 0. The van der Waals surface area contributed by atoms with Gasteiger partial charge in [0.1, 0.15) is 0 Å². The fraction of sp³-hybridized carbons (Fsp3) is 0.714. The molecule has 0 heterocycles. The molecule has 0 aliphatic heterocycles. The molecule has 0 aliphatic carbocycles. The molecular weight excluding hydrogens is 114 g/mol. The van der Waals surface area contributed by atoms with Gasteiger partial charge in [0.2, 0.25) is 0 Å². The van der Waals surface area contributed by atoms with Gasteiger partial charge in [0.25, 0.3) is 0 Å². The first-order chi connectivity index (χ1) is 4.31. The summed E-state index contributed by atoms with van der Waals surface area (Å²) in [6, 6.07) is 2.04. The highest BCUT2D eigenvalue weighted by atomic mass is 16.5. The van der Waals surface area contributed by atoms with E-state index < -0.39 is 0 Å². The van der Waals surface area contributed by atoms with Crippen LogP contribution >= 0.6 is 0 Å². The van der Waals surface area contributed by atoms with Gasteiger partial charge in [-0.15, -0.1) is 0 Å². The Labute approximate surface area is 56.4 Å². The molecule has 0 saturated heterocycles. The van der Waals surface area contributed by atoms with Gasteiger partial charge < -0.3 is 4.74 Å². The van der Waals surface area contributed by atoms with Crippen molar-refractivity contribution < 1.29 is 4.74 Å². The molecule has 0 fully saturated rings. The second kappa shape index (κ2) is 5.58. The lowest BCUT2D eigenvalue weighted by atomic mass is 10.2. The lowest BCUT2D eigenvalue weighted by molar-refractivity contribution is 0.0894. The Morgan fingerprint density at radius 2 is 2.44 bits per heavy atom. The number of nitrogens with zero attached hydrogens (tertiary/aromatic N) is 1. The smallest absolute Gasteiger partial charge is 0.0622 e. The molecule has 0 amide bonds. The van der Waals surface area contributed by atoms with Gasteiger partial charge in [0, 0.05) is 13.0 Å². The topological polar surface area (TPSA) is 33.0 Å². The van der Waals surface area contributed by atoms with E-state index in [1.807, 2.05) is 13.0 Å². The molecule has 51 valence electrons. The van der Waals surface area contributed by atoms with Crippen LogP contribution in [0.25, 0.3) is 0 Å². The minimum Gasteiger partial charge on any atom is -0.378 e. The van der Waals surface area contributed by atoms with Crippen LogP contribution in [-0.4, -0.2) is 12.7 Å². The zero-order valence-corrected chi connectivity index (χ0v) is 5.76. The molecule has 1 radical (unpaired) electrons. The van der Waals surface area contributed by atoms with Crippen LogP contribution in [-0.2, 0) is 4.74 Å². The average molecular weight is 126 g/mol. The standard InChI is InChI=1S/C7H12NO/c1-3-9-7(2)5-4-6-8/h7H,2-5H2,1H3. The molecule has 2 nitrogen and oxygen atoms in total. The summed E-state index contributed by atoms with van der Waals surface area (Å²) in [5.41, 5.74) is 0. The number of ether oxygens (including phenoxy) is 1. The lowest BCUT2D eigenvalue weighted by Gasteiger charge is -2.07. The monoisotopic (exact) mass is 126 g/mol. The highest BCUT2D eigenvalue weighted by Crippen LogP contribution is 1.98. The molecule has 0 N–H and O–H groups in total. The third-order valence-corrected chi connectivity index (χ3v) is 0.980. The predicted octanol–water partition coefficient (Wildman–Crippen LogP) is 1.53. The summed E-state index contributed by atoms with van der Waals surface area (Å²) in [7, 11) is 0. The molecule has 9 heavy (non-hydrogen) atoms. The molecule has 1 unspecified atom stereocenters. The van der Waals surface area contributed by atoms with Crippen molar-refractivity contribution in [1.29, 1.82) is 5.26 Å². The van der Waals surface area contributed by atoms with Crippen LogP contribution in [0, 0.1) is 18.3 Å². The van der Waals surface area contributed by atoms with Gasteiger partial charge in [-0.05, 0) is 20.3 Å². The van der Waals surface area contributed by atoms with E-state index in [2.05, 4.69) is 6.92 Å². The summed E-state index contributed by atoms with van der Waals surface area (Å²) in [4.78, 5) is 0. The Hall–Kier alpha value is -0.550. The fourth-order valence-corrected chi connectivity index (χ4v) is 0.545. The van der Waals surface area contributed by atoms with Gasteiger partial charge >= 0.3 is 0 Å². The summed E-state index contributed by atoms with van der Waals surface area (Å²) in [5.74, 6) is 0. The molecule has 2 heteroatoms. The quantitative estimate of drug-likeness (QED) is 0.572. The normalized spacial score (nSPS) is 12.6. The van der Waals surface area contributed by atoms with Crippen molar-refractivity contribution in [2.45, 2.75) is 25.9 Å². The van der Waals surface area contributed by atoms with E-state index in [1.165, 1.54) is 0 Å². The van der Waals surface area contributed by atoms with Crippen molar-refractivity contribution in [2.75, 3.05) is 6.61 Å². The summed E-state index contributed by atoms with van der Waals surface area (Å²) in [6.07, 6.45) is 1.27. The molecule has 0 spiro atoms. The number of nitriles is 1. The Kier molecular flexibility index (Phi) is 5.24. The van der Waals surface area contributed by atoms with E-state index in [4.69, 9.17) is 10.00 Å². The van der Waals surface area contributed by atoms with Gasteiger partial charge in [-0.3, -0.25) is 0 Å². The lowest BCUT2D eigenvalue weighted by Crippen LogP contribution is -2.06. The first kappa shape index (κ1) is 8.45. The van der Waals surface area contributed by atoms with Crippen LogP contribution in [0.2, 0.25) is 0 Å². The molecular formula is C7H12NO. The Bertz CT molecular complexity index is 95.6. The average Bonchev–Trinajstić information content (AvgIpc) is 1.85. The largest absolute Gasteiger partial charge is 0.378 e. The number of rotatable bonds is 4. The number of hydrogen-bond donors (Lipinski definition) is 0. The number of hydrogen-bond acceptors (Lipinski definition) is 2. The molecule has 0 bridgehead atoms. The third-order valence-electron chi connectivity index (χ3n) is 0.980.